The van der Waals surface area contributed by atoms with Gasteiger partial charge in [0.2, 0.25) is 11.8 Å². The molecule has 0 aliphatic rings. The van der Waals surface area contributed by atoms with E-state index >= 15 is 0 Å². The number of thioether (sulfide) groups is 1. The molecule has 0 spiro atoms. The fraction of sp³-hybridized carbons (Fsp3) is 0.250. The Kier molecular flexibility index (Phi) is 8.65. The third-order valence-electron chi connectivity index (χ3n) is 4.72. The van der Waals surface area contributed by atoms with Crippen molar-refractivity contribution < 1.29 is 14.3 Å². The Morgan fingerprint density at radius 1 is 1.06 bits per heavy atom. The molecule has 2 amide bonds. The normalized spacial score (nSPS) is 10.5. The Morgan fingerprint density at radius 3 is 2.58 bits per heavy atom. The van der Waals surface area contributed by atoms with Crippen molar-refractivity contribution in [3.8, 4) is 5.75 Å². The highest BCUT2D eigenvalue weighted by Crippen LogP contribution is 2.15. The van der Waals surface area contributed by atoms with E-state index in [1.807, 2.05) is 48.5 Å². The zero-order valence-corrected chi connectivity index (χ0v) is 19.3. The second kappa shape index (κ2) is 11.9. The van der Waals surface area contributed by atoms with Crippen LogP contribution in [0.5, 0.6) is 5.75 Å². The zero-order chi connectivity index (χ0) is 23.6. The van der Waals surface area contributed by atoms with E-state index in [-0.39, 0.29) is 34.7 Å². The molecule has 0 fully saturated rings. The average Bonchev–Trinajstić information content (AvgIpc) is 2.82. The summed E-state index contributed by atoms with van der Waals surface area (Å²) in [5.74, 6) is 0.305. The van der Waals surface area contributed by atoms with Gasteiger partial charge in [-0.1, -0.05) is 43.0 Å². The lowest BCUT2D eigenvalue weighted by molar-refractivity contribution is -0.120. The lowest BCUT2D eigenvalue weighted by atomic mass is 10.1. The van der Waals surface area contributed by atoms with Gasteiger partial charge in [0.25, 0.3) is 5.56 Å². The largest absolute Gasteiger partial charge is 0.497 e. The SMILES string of the molecule is CCc1ccc(NC(=O)CSc2nc(CC(=O)NCc3cccc(OC)c3)cc(=O)[nH]2)cc1. The standard InChI is InChI=1S/C24H26N4O4S/c1-3-16-7-9-18(10-8-16)26-23(31)15-33-24-27-19(13-22(30)28-24)12-21(29)25-14-17-5-4-6-20(11-17)32-2/h4-11,13H,3,12,14-15H2,1-2H3,(H,25,29)(H,26,31)(H,27,28,30). The van der Waals surface area contributed by atoms with Crippen molar-refractivity contribution in [3.63, 3.8) is 0 Å². The number of benzene rings is 2. The molecular formula is C24H26N4O4S. The van der Waals surface area contributed by atoms with Gasteiger partial charge in [0.05, 0.1) is 25.0 Å². The van der Waals surface area contributed by atoms with Gasteiger partial charge in [-0.25, -0.2) is 4.98 Å². The number of carbonyl (C=O) groups is 2. The van der Waals surface area contributed by atoms with Crippen molar-refractivity contribution >= 4 is 29.3 Å². The van der Waals surface area contributed by atoms with Crippen LogP contribution in [0, 0.1) is 0 Å². The highest BCUT2D eigenvalue weighted by Gasteiger charge is 2.10. The Morgan fingerprint density at radius 2 is 1.85 bits per heavy atom. The fourth-order valence-corrected chi connectivity index (χ4v) is 3.70. The third-order valence-corrected chi connectivity index (χ3v) is 5.60. The van der Waals surface area contributed by atoms with E-state index in [4.69, 9.17) is 4.74 Å². The van der Waals surface area contributed by atoms with Crippen molar-refractivity contribution in [3.05, 3.63) is 81.8 Å². The molecular weight excluding hydrogens is 440 g/mol. The van der Waals surface area contributed by atoms with Gasteiger partial charge in [-0.15, -0.1) is 0 Å². The first-order chi connectivity index (χ1) is 15.9. The van der Waals surface area contributed by atoms with Crippen LogP contribution in [0.3, 0.4) is 0 Å². The molecule has 0 aliphatic carbocycles. The number of hydrogen-bond acceptors (Lipinski definition) is 6. The maximum atomic E-state index is 12.3. The minimum absolute atomic E-state index is 0.0442. The second-order valence-corrected chi connectivity index (χ2v) is 8.20. The van der Waals surface area contributed by atoms with Crippen LogP contribution in [0.1, 0.15) is 23.7 Å². The molecule has 1 heterocycles. The molecule has 0 unspecified atom stereocenters. The van der Waals surface area contributed by atoms with Crippen molar-refractivity contribution in [2.45, 2.75) is 31.5 Å². The molecule has 0 radical (unpaired) electrons. The van der Waals surface area contributed by atoms with Gasteiger partial charge in [0.15, 0.2) is 5.16 Å². The molecule has 3 N–H and O–H groups in total. The molecule has 33 heavy (non-hydrogen) atoms. The van der Waals surface area contributed by atoms with Crippen LogP contribution in [-0.4, -0.2) is 34.6 Å². The van der Waals surface area contributed by atoms with E-state index < -0.39 is 0 Å². The van der Waals surface area contributed by atoms with Crippen LogP contribution < -0.4 is 20.9 Å². The van der Waals surface area contributed by atoms with Crippen LogP contribution in [0.25, 0.3) is 0 Å². The Labute approximate surface area is 196 Å². The van der Waals surface area contributed by atoms with E-state index in [9.17, 15) is 14.4 Å². The van der Waals surface area contributed by atoms with Crippen LogP contribution in [0.2, 0.25) is 0 Å². The number of anilines is 1. The predicted octanol–water partition coefficient (Wildman–Crippen LogP) is 2.93. The molecule has 0 aliphatic heterocycles. The molecule has 3 aromatic rings. The van der Waals surface area contributed by atoms with Crippen LogP contribution in [0.4, 0.5) is 5.69 Å². The number of amides is 2. The van der Waals surface area contributed by atoms with E-state index in [1.54, 1.807) is 7.11 Å². The van der Waals surface area contributed by atoms with Gasteiger partial charge in [-0.2, -0.15) is 0 Å². The number of aryl methyl sites for hydroxylation is 1. The highest BCUT2D eigenvalue weighted by atomic mass is 32.2. The van der Waals surface area contributed by atoms with Gasteiger partial charge < -0.3 is 20.4 Å². The van der Waals surface area contributed by atoms with E-state index in [1.165, 1.54) is 11.6 Å². The quantitative estimate of drug-likeness (QED) is 0.313. The molecule has 0 saturated carbocycles. The zero-order valence-electron chi connectivity index (χ0n) is 18.5. The number of nitrogens with zero attached hydrogens (tertiary/aromatic N) is 1. The summed E-state index contributed by atoms with van der Waals surface area (Å²) in [6, 6.07) is 16.3. The Bertz CT molecular complexity index is 1160. The van der Waals surface area contributed by atoms with Gasteiger partial charge in [0, 0.05) is 18.3 Å². The third kappa shape index (κ3) is 7.80. The van der Waals surface area contributed by atoms with Gasteiger partial charge >= 0.3 is 0 Å². The first-order valence-electron chi connectivity index (χ1n) is 10.5. The first-order valence-corrected chi connectivity index (χ1v) is 11.4. The van der Waals surface area contributed by atoms with Crippen molar-refractivity contribution in [1.82, 2.24) is 15.3 Å². The van der Waals surface area contributed by atoms with Gasteiger partial charge in [-0.05, 0) is 41.8 Å². The monoisotopic (exact) mass is 466 g/mol. The molecule has 0 atom stereocenters. The van der Waals surface area contributed by atoms with E-state index in [0.717, 1.165) is 23.7 Å². The van der Waals surface area contributed by atoms with E-state index in [0.29, 0.717) is 23.7 Å². The summed E-state index contributed by atoms with van der Waals surface area (Å²) in [5, 5.41) is 5.91. The smallest absolute Gasteiger partial charge is 0.251 e. The average molecular weight is 467 g/mol. The van der Waals surface area contributed by atoms with Crippen molar-refractivity contribution in [2.75, 3.05) is 18.2 Å². The molecule has 0 saturated heterocycles. The van der Waals surface area contributed by atoms with Crippen molar-refractivity contribution in [1.29, 1.82) is 0 Å². The number of ether oxygens (including phenoxy) is 1. The maximum absolute atomic E-state index is 12.3. The van der Waals surface area contributed by atoms with Gasteiger partial charge in [0.1, 0.15) is 5.75 Å². The number of rotatable bonds is 10. The van der Waals surface area contributed by atoms with Crippen LogP contribution in [0.15, 0.2) is 64.5 Å². The number of nitrogens with one attached hydrogen (secondary N) is 3. The van der Waals surface area contributed by atoms with Gasteiger partial charge in [-0.3, -0.25) is 14.4 Å². The second-order valence-electron chi connectivity index (χ2n) is 7.23. The molecule has 9 heteroatoms. The number of aromatic nitrogens is 2. The first kappa shape index (κ1) is 24.1. The molecule has 172 valence electrons. The summed E-state index contributed by atoms with van der Waals surface area (Å²) in [5.41, 5.74) is 2.75. The highest BCUT2D eigenvalue weighted by molar-refractivity contribution is 7.99. The number of H-pyrrole nitrogens is 1. The maximum Gasteiger partial charge on any atom is 0.251 e. The molecule has 0 bridgehead atoms. The lowest BCUT2D eigenvalue weighted by Gasteiger charge is -2.08. The summed E-state index contributed by atoms with van der Waals surface area (Å²) in [7, 11) is 1.58. The van der Waals surface area contributed by atoms with Crippen LogP contribution in [-0.2, 0) is 29.0 Å². The topological polar surface area (TPSA) is 113 Å². The molecule has 8 nitrogen and oxygen atoms in total. The summed E-state index contributed by atoms with van der Waals surface area (Å²) in [4.78, 5) is 43.4. The van der Waals surface area contributed by atoms with E-state index in [2.05, 4.69) is 27.5 Å². The summed E-state index contributed by atoms with van der Waals surface area (Å²) in [6.45, 7) is 2.40. The molecule has 2 aromatic carbocycles. The Balaban J connectivity index is 1.52. The number of hydrogen-bond donors (Lipinski definition) is 3. The predicted molar refractivity (Wildman–Crippen MR) is 129 cm³/mol. The lowest BCUT2D eigenvalue weighted by Crippen LogP contribution is -2.26. The summed E-state index contributed by atoms with van der Waals surface area (Å²) < 4.78 is 5.17. The molecule has 3 rings (SSSR count). The minimum Gasteiger partial charge on any atom is -0.497 e. The minimum atomic E-state index is -0.376. The summed E-state index contributed by atoms with van der Waals surface area (Å²) in [6.07, 6.45) is 0.885. The van der Waals surface area contributed by atoms with Crippen molar-refractivity contribution in [2.24, 2.45) is 0 Å². The Hall–Kier alpha value is -3.59. The number of methoxy groups -OCH3 is 1. The molecule has 1 aromatic heterocycles. The van der Waals surface area contributed by atoms with Crippen LogP contribution >= 0.6 is 11.8 Å². The summed E-state index contributed by atoms with van der Waals surface area (Å²) >= 11 is 1.10. The number of aromatic amines is 1. The number of carbonyl (C=O) groups excluding carboxylic acids is 2. The fourth-order valence-electron chi connectivity index (χ4n) is 3.01.